The molecule has 1 aliphatic heterocycles. The standard InChI is InChI=1S/C4H11N3S/c1-6-3-4(8)7(2)5-6/h4-5,8H,3H2,1-2H3. The minimum Gasteiger partial charge on any atom is -0.231 e. The number of nitrogens with one attached hydrogen (secondary N) is 1. The molecule has 0 spiro atoms. The van der Waals surface area contributed by atoms with Gasteiger partial charge in [-0.2, -0.15) is 18.2 Å². The molecule has 8 heavy (non-hydrogen) atoms. The zero-order valence-electron chi connectivity index (χ0n) is 5.13. The van der Waals surface area contributed by atoms with E-state index < -0.39 is 0 Å². The molecule has 1 aliphatic rings. The average Bonchev–Trinajstić information content (AvgIpc) is 1.85. The summed E-state index contributed by atoms with van der Waals surface area (Å²) < 4.78 is 0. The van der Waals surface area contributed by atoms with Crippen LogP contribution in [0.1, 0.15) is 0 Å². The van der Waals surface area contributed by atoms with E-state index >= 15 is 0 Å². The van der Waals surface area contributed by atoms with Gasteiger partial charge in [0.25, 0.3) is 0 Å². The molecule has 0 aromatic carbocycles. The first-order valence-corrected chi connectivity index (χ1v) is 3.10. The van der Waals surface area contributed by atoms with Crippen molar-refractivity contribution >= 4 is 12.6 Å². The molecule has 0 aromatic rings. The quantitative estimate of drug-likeness (QED) is 0.436. The highest BCUT2D eigenvalue weighted by atomic mass is 32.1. The predicted octanol–water partition coefficient (Wildman–Crippen LogP) is -0.461. The van der Waals surface area contributed by atoms with Gasteiger partial charge in [-0.3, -0.25) is 0 Å². The van der Waals surface area contributed by atoms with E-state index in [0.717, 1.165) is 6.54 Å². The minimum absolute atomic E-state index is 0.333. The van der Waals surface area contributed by atoms with Crippen LogP contribution in [0.5, 0.6) is 0 Å². The summed E-state index contributed by atoms with van der Waals surface area (Å²) in [6.07, 6.45) is 0. The lowest BCUT2D eigenvalue weighted by Gasteiger charge is -2.11. The van der Waals surface area contributed by atoms with Crippen molar-refractivity contribution in [3.05, 3.63) is 0 Å². The van der Waals surface area contributed by atoms with Gasteiger partial charge in [-0.25, -0.2) is 10.0 Å². The van der Waals surface area contributed by atoms with Crippen molar-refractivity contribution in [2.45, 2.75) is 5.37 Å². The number of likely N-dealkylation sites (N-methyl/N-ethyl adjacent to an activating group) is 2. The van der Waals surface area contributed by atoms with E-state index in [4.69, 9.17) is 0 Å². The summed E-state index contributed by atoms with van der Waals surface area (Å²) in [7, 11) is 3.97. The van der Waals surface area contributed by atoms with Gasteiger partial charge in [-0.15, -0.1) is 0 Å². The van der Waals surface area contributed by atoms with E-state index in [1.165, 1.54) is 0 Å². The Labute approximate surface area is 55.0 Å². The molecule has 0 saturated carbocycles. The van der Waals surface area contributed by atoms with Crippen LogP contribution in [-0.2, 0) is 0 Å². The van der Waals surface area contributed by atoms with E-state index in [1.54, 1.807) is 0 Å². The molecule has 1 atom stereocenters. The van der Waals surface area contributed by atoms with Crippen LogP contribution in [0.25, 0.3) is 0 Å². The Morgan fingerprint density at radius 3 is 2.38 bits per heavy atom. The monoisotopic (exact) mass is 133 g/mol. The highest BCUT2D eigenvalue weighted by Crippen LogP contribution is 2.05. The van der Waals surface area contributed by atoms with Crippen LogP contribution in [-0.4, -0.2) is 36.0 Å². The summed E-state index contributed by atoms with van der Waals surface area (Å²) in [5.74, 6) is 0. The Hall–Kier alpha value is 0.230. The van der Waals surface area contributed by atoms with Gasteiger partial charge in [-0.05, 0) is 0 Å². The molecule has 1 saturated heterocycles. The Balaban J connectivity index is 2.39. The van der Waals surface area contributed by atoms with Crippen LogP contribution < -0.4 is 5.53 Å². The SMILES string of the molecule is CN1CC(S)N(C)N1. The van der Waals surface area contributed by atoms with E-state index in [-0.39, 0.29) is 0 Å². The molecule has 3 nitrogen and oxygen atoms in total. The first-order chi connectivity index (χ1) is 3.70. The summed E-state index contributed by atoms with van der Waals surface area (Å²) in [4.78, 5) is 0. The molecular weight excluding hydrogens is 122 g/mol. The third kappa shape index (κ3) is 1.14. The molecule has 0 aliphatic carbocycles. The fraction of sp³-hybridized carbons (Fsp3) is 1.00. The van der Waals surface area contributed by atoms with E-state index in [0.29, 0.717) is 5.37 Å². The lowest BCUT2D eigenvalue weighted by Crippen LogP contribution is -2.35. The van der Waals surface area contributed by atoms with E-state index in [1.807, 2.05) is 24.1 Å². The lowest BCUT2D eigenvalue weighted by atomic mass is 10.6. The number of nitrogens with zero attached hydrogens (tertiary/aromatic N) is 2. The van der Waals surface area contributed by atoms with Crippen molar-refractivity contribution in [1.29, 1.82) is 0 Å². The van der Waals surface area contributed by atoms with Gasteiger partial charge in [0, 0.05) is 20.6 Å². The molecule has 1 N–H and O–H groups in total. The second-order valence-corrected chi connectivity index (χ2v) is 2.67. The summed E-state index contributed by atoms with van der Waals surface area (Å²) in [5.41, 5.74) is 3.06. The minimum atomic E-state index is 0.333. The molecule has 1 fully saturated rings. The topological polar surface area (TPSA) is 18.5 Å². The molecule has 0 aromatic heterocycles. The smallest absolute Gasteiger partial charge is 0.0818 e. The maximum absolute atomic E-state index is 4.27. The second-order valence-electron chi connectivity index (χ2n) is 2.07. The number of hydrogen-bond acceptors (Lipinski definition) is 4. The first kappa shape index (κ1) is 6.35. The second kappa shape index (κ2) is 2.23. The fourth-order valence-electron chi connectivity index (χ4n) is 0.744. The van der Waals surface area contributed by atoms with Crippen LogP contribution in [0, 0.1) is 0 Å². The van der Waals surface area contributed by atoms with Gasteiger partial charge in [0.05, 0.1) is 5.37 Å². The van der Waals surface area contributed by atoms with Gasteiger partial charge in [0.15, 0.2) is 0 Å². The molecule has 1 rings (SSSR count). The Morgan fingerprint density at radius 2 is 2.25 bits per heavy atom. The number of hydrazine groups is 2. The molecule has 48 valence electrons. The predicted molar refractivity (Wildman–Crippen MR) is 36.3 cm³/mol. The summed E-state index contributed by atoms with van der Waals surface area (Å²) >= 11 is 4.27. The summed E-state index contributed by atoms with van der Waals surface area (Å²) in [6, 6.07) is 0. The van der Waals surface area contributed by atoms with Crippen molar-refractivity contribution in [3.63, 3.8) is 0 Å². The van der Waals surface area contributed by atoms with Crippen molar-refractivity contribution in [2.24, 2.45) is 0 Å². The Bertz CT molecular complexity index is 77.4. The van der Waals surface area contributed by atoms with Crippen molar-refractivity contribution in [1.82, 2.24) is 15.6 Å². The van der Waals surface area contributed by atoms with E-state index in [2.05, 4.69) is 18.2 Å². The maximum Gasteiger partial charge on any atom is 0.0818 e. The summed E-state index contributed by atoms with van der Waals surface area (Å²) in [5, 5.41) is 4.29. The van der Waals surface area contributed by atoms with Gasteiger partial charge in [0.1, 0.15) is 0 Å². The maximum atomic E-state index is 4.27. The molecule has 0 bridgehead atoms. The van der Waals surface area contributed by atoms with Crippen molar-refractivity contribution in [3.8, 4) is 0 Å². The Kier molecular flexibility index (Phi) is 1.77. The van der Waals surface area contributed by atoms with Crippen molar-refractivity contribution in [2.75, 3.05) is 20.6 Å². The lowest BCUT2D eigenvalue weighted by molar-refractivity contribution is 0.169. The van der Waals surface area contributed by atoms with Gasteiger partial charge in [-0.1, -0.05) is 0 Å². The average molecular weight is 133 g/mol. The number of rotatable bonds is 0. The number of hydrogen-bond donors (Lipinski definition) is 2. The van der Waals surface area contributed by atoms with Crippen LogP contribution in [0.4, 0.5) is 0 Å². The largest absolute Gasteiger partial charge is 0.231 e. The Morgan fingerprint density at radius 1 is 1.62 bits per heavy atom. The molecule has 0 amide bonds. The molecule has 1 unspecified atom stereocenters. The van der Waals surface area contributed by atoms with Gasteiger partial charge in [0.2, 0.25) is 0 Å². The first-order valence-electron chi connectivity index (χ1n) is 2.58. The fourth-order valence-corrected chi connectivity index (χ4v) is 1.04. The van der Waals surface area contributed by atoms with Crippen LogP contribution in [0.2, 0.25) is 0 Å². The van der Waals surface area contributed by atoms with E-state index in [9.17, 15) is 0 Å². The third-order valence-electron chi connectivity index (χ3n) is 1.21. The molecule has 1 heterocycles. The van der Waals surface area contributed by atoms with Crippen LogP contribution >= 0.6 is 12.6 Å². The zero-order chi connectivity index (χ0) is 6.15. The van der Waals surface area contributed by atoms with Crippen molar-refractivity contribution < 1.29 is 0 Å². The highest BCUT2D eigenvalue weighted by Gasteiger charge is 2.19. The molecule has 4 heteroatoms. The highest BCUT2D eigenvalue weighted by molar-refractivity contribution is 7.80. The zero-order valence-corrected chi connectivity index (χ0v) is 6.02. The number of thiol groups is 1. The summed E-state index contributed by atoms with van der Waals surface area (Å²) in [6.45, 7) is 0.972. The third-order valence-corrected chi connectivity index (χ3v) is 1.72. The van der Waals surface area contributed by atoms with Crippen LogP contribution in [0.3, 0.4) is 0 Å². The normalized spacial score (nSPS) is 34.1. The molecule has 0 radical (unpaired) electrons. The molecular formula is C4H11N3S. The van der Waals surface area contributed by atoms with Crippen LogP contribution in [0.15, 0.2) is 0 Å². The van der Waals surface area contributed by atoms with Gasteiger partial charge < -0.3 is 0 Å². The van der Waals surface area contributed by atoms with Gasteiger partial charge >= 0.3 is 0 Å².